The molecule has 9 heteroatoms. The molecule has 0 saturated heterocycles. The van der Waals surface area contributed by atoms with Crippen molar-refractivity contribution in [3.05, 3.63) is 42.2 Å². The fraction of sp³-hybridized carbons (Fsp3) is 0.167. The van der Waals surface area contributed by atoms with Gasteiger partial charge in [-0.1, -0.05) is 5.16 Å². The summed E-state index contributed by atoms with van der Waals surface area (Å²) in [5.41, 5.74) is 1.02. The van der Waals surface area contributed by atoms with E-state index in [9.17, 15) is 8.78 Å². The van der Waals surface area contributed by atoms with Crippen molar-refractivity contribution in [2.75, 3.05) is 5.32 Å². The molecule has 0 aliphatic heterocycles. The van der Waals surface area contributed by atoms with Crippen molar-refractivity contribution in [3.63, 3.8) is 0 Å². The van der Waals surface area contributed by atoms with Gasteiger partial charge in [0.15, 0.2) is 11.5 Å². The highest BCUT2D eigenvalue weighted by atomic mass is 19.3. The van der Waals surface area contributed by atoms with E-state index in [1.165, 1.54) is 6.07 Å². The maximum atomic E-state index is 12.4. The summed E-state index contributed by atoms with van der Waals surface area (Å²) in [6, 6.07) is 5.17. The molecule has 0 spiro atoms. The second-order valence-corrected chi connectivity index (χ2v) is 4.02. The van der Waals surface area contributed by atoms with Gasteiger partial charge in [0.05, 0.1) is 12.2 Å². The molecular formula is C12H9F2N5O2. The average Bonchev–Trinajstić information content (AvgIpc) is 3.15. The first-order valence-electron chi connectivity index (χ1n) is 5.94. The molecule has 3 aromatic rings. The van der Waals surface area contributed by atoms with Crippen LogP contribution in [0.2, 0.25) is 0 Å². The fourth-order valence-electron chi connectivity index (χ4n) is 1.58. The van der Waals surface area contributed by atoms with Crippen LogP contribution in [0.15, 0.2) is 39.5 Å². The molecule has 3 heterocycles. The molecular weight excluding hydrogens is 284 g/mol. The number of anilines is 1. The fourth-order valence-corrected chi connectivity index (χ4v) is 1.58. The van der Waals surface area contributed by atoms with Crippen LogP contribution in [0.3, 0.4) is 0 Å². The van der Waals surface area contributed by atoms with E-state index in [2.05, 4.69) is 25.7 Å². The minimum absolute atomic E-state index is 0.110. The van der Waals surface area contributed by atoms with Crippen molar-refractivity contribution in [2.45, 2.75) is 13.0 Å². The lowest BCUT2D eigenvalue weighted by Gasteiger charge is -2.01. The molecule has 0 saturated carbocycles. The maximum Gasteiger partial charge on any atom is 0.314 e. The molecule has 3 aromatic heterocycles. The second kappa shape index (κ2) is 5.65. The number of halogens is 2. The van der Waals surface area contributed by atoms with E-state index in [1.807, 2.05) is 6.07 Å². The third-order valence-electron chi connectivity index (χ3n) is 2.53. The van der Waals surface area contributed by atoms with E-state index < -0.39 is 12.3 Å². The van der Waals surface area contributed by atoms with Gasteiger partial charge in [-0.3, -0.25) is 4.98 Å². The molecule has 21 heavy (non-hydrogen) atoms. The zero-order chi connectivity index (χ0) is 14.7. The quantitative estimate of drug-likeness (QED) is 0.773. The molecule has 0 fully saturated rings. The number of nitrogens with zero attached hydrogens (tertiary/aromatic N) is 4. The predicted octanol–water partition coefficient (Wildman–Crippen LogP) is 2.67. The third-order valence-corrected chi connectivity index (χ3v) is 2.53. The molecule has 0 radical (unpaired) electrons. The van der Waals surface area contributed by atoms with Gasteiger partial charge >= 0.3 is 6.43 Å². The third kappa shape index (κ3) is 3.02. The number of hydrogen-bond acceptors (Lipinski definition) is 7. The molecule has 0 amide bonds. The second-order valence-electron chi connectivity index (χ2n) is 4.02. The maximum absolute atomic E-state index is 12.4. The number of hydrogen-bond donors (Lipinski definition) is 1. The molecule has 0 unspecified atom stereocenters. The van der Waals surface area contributed by atoms with Crippen LogP contribution < -0.4 is 5.32 Å². The highest BCUT2D eigenvalue weighted by molar-refractivity contribution is 5.46. The zero-order valence-corrected chi connectivity index (χ0v) is 10.5. The Labute approximate surface area is 117 Å². The lowest BCUT2D eigenvalue weighted by Crippen LogP contribution is -1.97. The summed E-state index contributed by atoms with van der Waals surface area (Å²) in [6.07, 6.45) is 0.503. The van der Waals surface area contributed by atoms with E-state index in [0.717, 1.165) is 5.69 Å². The van der Waals surface area contributed by atoms with Gasteiger partial charge < -0.3 is 14.3 Å². The van der Waals surface area contributed by atoms with Gasteiger partial charge in [-0.25, -0.2) is 0 Å². The van der Waals surface area contributed by atoms with Crippen molar-refractivity contribution in [2.24, 2.45) is 0 Å². The molecule has 0 aliphatic rings. The first-order valence-corrected chi connectivity index (χ1v) is 5.94. The summed E-state index contributed by atoms with van der Waals surface area (Å²) in [6.45, 7) is 0.356. The molecule has 7 nitrogen and oxygen atoms in total. The molecule has 3 rings (SSSR count). The van der Waals surface area contributed by atoms with Gasteiger partial charge in [-0.2, -0.15) is 8.78 Å². The smallest absolute Gasteiger partial charge is 0.314 e. The number of alkyl halides is 2. The van der Waals surface area contributed by atoms with Gasteiger partial charge in [0.1, 0.15) is 0 Å². The summed E-state index contributed by atoms with van der Waals surface area (Å²) < 4.78 is 34.6. The number of aromatic nitrogens is 4. The Balaban J connectivity index is 1.68. The minimum Gasteiger partial charge on any atom is -0.413 e. The summed E-state index contributed by atoms with van der Waals surface area (Å²) in [4.78, 5) is 3.96. The zero-order valence-electron chi connectivity index (χ0n) is 10.5. The Morgan fingerprint density at radius 3 is 2.90 bits per heavy atom. The van der Waals surface area contributed by atoms with Gasteiger partial charge in [0, 0.05) is 18.5 Å². The molecule has 0 aliphatic carbocycles. The molecule has 0 atom stereocenters. The topological polar surface area (TPSA) is 89.9 Å². The van der Waals surface area contributed by atoms with Gasteiger partial charge in [-0.15, -0.1) is 10.2 Å². The number of nitrogens with one attached hydrogen (secondary N) is 1. The summed E-state index contributed by atoms with van der Waals surface area (Å²) in [5.74, 6) is -0.365. The van der Waals surface area contributed by atoms with Crippen LogP contribution in [0.4, 0.5) is 14.5 Å². The monoisotopic (exact) mass is 293 g/mol. The average molecular weight is 293 g/mol. The van der Waals surface area contributed by atoms with Crippen LogP contribution in [0.25, 0.3) is 11.6 Å². The Morgan fingerprint density at radius 1 is 1.29 bits per heavy atom. The summed E-state index contributed by atoms with van der Waals surface area (Å²) in [7, 11) is 0. The summed E-state index contributed by atoms with van der Waals surface area (Å²) in [5, 5.41) is 13.5. The van der Waals surface area contributed by atoms with E-state index in [4.69, 9.17) is 8.94 Å². The van der Waals surface area contributed by atoms with Crippen LogP contribution in [0.1, 0.15) is 18.1 Å². The van der Waals surface area contributed by atoms with Gasteiger partial charge in [-0.05, 0) is 12.1 Å². The van der Waals surface area contributed by atoms with E-state index in [1.54, 1.807) is 18.5 Å². The Bertz CT molecular complexity index is 713. The van der Waals surface area contributed by atoms with Crippen molar-refractivity contribution < 1.29 is 17.7 Å². The van der Waals surface area contributed by atoms with Crippen molar-refractivity contribution >= 4 is 5.69 Å². The van der Waals surface area contributed by atoms with E-state index >= 15 is 0 Å². The highest BCUT2D eigenvalue weighted by Gasteiger charge is 2.19. The summed E-state index contributed by atoms with van der Waals surface area (Å²) >= 11 is 0. The van der Waals surface area contributed by atoms with Crippen molar-refractivity contribution in [1.82, 2.24) is 20.3 Å². The molecule has 0 bridgehead atoms. The lowest BCUT2D eigenvalue weighted by atomic mass is 10.3. The predicted molar refractivity (Wildman–Crippen MR) is 66.3 cm³/mol. The van der Waals surface area contributed by atoms with Crippen LogP contribution in [0.5, 0.6) is 0 Å². The molecule has 108 valence electrons. The van der Waals surface area contributed by atoms with Crippen LogP contribution in [-0.4, -0.2) is 20.3 Å². The minimum atomic E-state index is -2.81. The highest BCUT2D eigenvalue weighted by Crippen LogP contribution is 2.23. The number of pyridine rings is 1. The normalized spacial score (nSPS) is 11.0. The van der Waals surface area contributed by atoms with Crippen LogP contribution in [-0.2, 0) is 6.54 Å². The molecule has 1 N–H and O–H groups in total. The van der Waals surface area contributed by atoms with Crippen molar-refractivity contribution in [1.29, 1.82) is 0 Å². The van der Waals surface area contributed by atoms with Crippen LogP contribution in [0, 0.1) is 0 Å². The standard InChI is InChI=1S/C12H9F2N5O2/c13-10(14)12-18-17-11(20-12)9-4-8(21-19-9)6-16-7-2-1-3-15-5-7/h1-5,10,16H,6H2. The largest absolute Gasteiger partial charge is 0.413 e. The van der Waals surface area contributed by atoms with Crippen molar-refractivity contribution in [3.8, 4) is 11.6 Å². The SMILES string of the molecule is FC(F)c1nnc(-c2cc(CNc3cccnc3)on2)o1. The van der Waals surface area contributed by atoms with Crippen LogP contribution >= 0.6 is 0 Å². The molecule has 0 aromatic carbocycles. The first kappa shape index (κ1) is 13.2. The van der Waals surface area contributed by atoms with E-state index in [-0.39, 0.29) is 11.6 Å². The lowest BCUT2D eigenvalue weighted by molar-refractivity contribution is 0.116. The van der Waals surface area contributed by atoms with Gasteiger partial charge in [0.2, 0.25) is 0 Å². The Kier molecular flexibility index (Phi) is 3.54. The van der Waals surface area contributed by atoms with Gasteiger partial charge in [0.25, 0.3) is 11.8 Å². The Hall–Kier alpha value is -2.84. The Morgan fingerprint density at radius 2 is 2.19 bits per heavy atom. The van der Waals surface area contributed by atoms with E-state index in [0.29, 0.717) is 12.3 Å². The first-order chi connectivity index (χ1) is 10.2. The number of rotatable bonds is 5.